The van der Waals surface area contributed by atoms with Crippen molar-refractivity contribution in [3.05, 3.63) is 59.2 Å². The van der Waals surface area contributed by atoms with Gasteiger partial charge >= 0.3 is 5.97 Å². The fourth-order valence-corrected chi connectivity index (χ4v) is 2.42. The number of nitrogens with one attached hydrogen (secondary N) is 1. The van der Waals surface area contributed by atoms with Gasteiger partial charge in [-0.3, -0.25) is 4.79 Å². The zero-order chi connectivity index (χ0) is 21.8. The molecule has 154 valence electrons. The number of hydrogen-bond acceptors (Lipinski definition) is 6. The largest absolute Gasteiger partial charge is 0.492 e. The van der Waals surface area contributed by atoms with Crippen LogP contribution in [0.2, 0.25) is 0 Å². The number of ether oxygens (including phenoxy) is 1. The Morgan fingerprint density at radius 1 is 1.21 bits per heavy atom. The number of carboxylic acids is 2. The fraction of sp³-hybridized carbons (Fsp3) is 0.286. The van der Waals surface area contributed by atoms with Crippen LogP contribution < -0.4 is 15.8 Å². The van der Waals surface area contributed by atoms with Crippen LogP contribution in [0.5, 0.6) is 5.75 Å². The highest BCUT2D eigenvalue weighted by molar-refractivity contribution is 5.80. The molecule has 0 aliphatic rings. The van der Waals surface area contributed by atoms with Crippen molar-refractivity contribution in [1.29, 1.82) is 5.26 Å². The Hall–Kier alpha value is -3.57. The average molecular weight is 399 g/mol. The summed E-state index contributed by atoms with van der Waals surface area (Å²) in [6.45, 7) is 3.74. The molecule has 2 aromatic carbocycles. The molecule has 5 N–H and O–H groups in total. The number of carboxylic acid groups (broad SMARTS) is 2. The zero-order valence-electron chi connectivity index (χ0n) is 16.4. The average Bonchev–Trinajstić information content (AvgIpc) is 2.70. The highest BCUT2D eigenvalue weighted by Crippen LogP contribution is 2.30. The molecular formula is C21H25N3O5. The molecule has 0 aliphatic heterocycles. The first kappa shape index (κ1) is 23.5. The number of aryl methyl sites for hydroxylation is 1. The van der Waals surface area contributed by atoms with Gasteiger partial charge in [0, 0.05) is 24.7 Å². The van der Waals surface area contributed by atoms with E-state index in [4.69, 9.17) is 25.6 Å². The van der Waals surface area contributed by atoms with Gasteiger partial charge in [-0.1, -0.05) is 13.0 Å². The number of carbonyl (C=O) groups is 2. The number of nitrogens with zero attached hydrogens (tertiary/aromatic N) is 1. The monoisotopic (exact) mass is 399 g/mol. The Labute approximate surface area is 169 Å². The van der Waals surface area contributed by atoms with Crippen LogP contribution >= 0.6 is 0 Å². The van der Waals surface area contributed by atoms with Gasteiger partial charge in [-0.05, 0) is 48.4 Å². The van der Waals surface area contributed by atoms with Gasteiger partial charge in [0.1, 0.15) is 12.4 Å². The first-order chi connectivity index (χ1) is 13.8. The smallest absolute Gasteiger partial charge is 0.330 e. The molecule has 0 aliphatic carbocycles. The molecule has 0 saturated heterocycles. The highest BCUT2D eigenvalue weighted by Gasteiger charge is 2.24. The molecule has 0 fully saturated rings. The predicted octanol–water partition coefficient (Wildman–Crippen LogP) is 2.79. The summed E-state index contributed by atoms with van der Waals surface area (Å²) in [5.74, 6) is -1.36. The minimum Gasteiger partial charge on any atom is -0.492 e. The third kappa shape index (κ3) is 7.91. The van der Waals surface area contributed by atoms with Crippen molar-refractivity contribution in [3.8, 4) is 11.8 Å². The molecule has 0 saturated carbocycles. The van der Waals surface area contributed by atoms with Crippen LogP contribution in [0.3, 0.4) is 0 Å². The van der Waals surface area contributed by atoms with Gasteiger partial charge < -0.3 is 26.0 Å². The van der Waals surface area contributed by atoms with Crippen molar-refractivity contribution in [2.75, 3.05) is 18.5 Å². The molecule has 0 amide bonds. The lowest BCUT2D eigenvalue weighted by atomic mass is 10.0. The van der Waals surface area contributed by atoms with Gasteiger partial charge in [0.25, 0.3) is 5.97 Å². The lowest BCUT2D eigenvalue weighted by Crippen LogP contribution is -2.22. The second kappa shape index (κ2) is 12.0. The number of benzene rings is 2. The molecule has 1 atom stereocenters. The SMILES string of the molecule is CC(=O)O.CCc1ccc(OCCN)c(C(Nc2ccc(C#N)cc2)C(=O)O)c1. The molecule has 0 radical (unpaired) electrons. The standard InChI is InChI=1S/C19H21N3O3.C2H4O2/c1-2-13-5-8-17(25-10-9-20)16(11-13)18(19(23)24)22-15-6-3-14(12-21)4-7-15;1-2(3)4/h3-8,11,18,22H,2,9-10,20H2,1H3,(H,23,24);1H3,(H,3,4). The topological polar surface area (TPSA) is 146 Å². The summed E-state index contributed by atoms with van der Waals surface area (Å²) < 4.78 is 5.62. The Morgan fingerprint density at radius 3 is 2.31 bits per heavy atom. The third-order valence-corrected chi connectivity index (χ3v) is 3.74. The van der Waals surface area contributed by atoms with Gasteiger partial charge in [0.05, 0.1) is 11.6 Å². The summed E-state index contributed by atoms with van der Waals surface area (Å²) in [4.78, 5) is 20.9. The van der Waals surface area contributed by atoms with Gasteiger partial charge in [0.15, 0.2) is 6.04 Å². The highest BCUT2D eigenvalue weighted by atomic mass is 16.5. The van der Waals surface area contributed by atoms with Crippen LogP contribution in [0.1, 0.15) is 36.6 Å². The fourth-order valence-electron chi connectivity index (χ4n) is 2.42. The Morgan fingerprint density at radius 2 is 1.83 bits per heavy atom. The van der Waals surface area contributed by atoms with Crippen LogP contribution in [0, 0.1) is 11.3 Å². The minimum atomic E-state index is -1.02. The van der Waals surface area contributed by atoms with Crippen LogP contribution in [0.15, 0.2) is 42.5 Å². The maximum Gasteiger partial charge on any atom is 0.330 e. The molecule has 0 aromatic heterocycles. The second-order valence-electron chi connectivity index (χ2n) is 5.99. The lowest BCUT2D eigenvalue weighted by molar-refractivity contribution is -0.138. The molecular weight excluding hydrogens is 374 g/mol. The van der Waals surface area contributed by atoms with Gasteiger partial charge in [-0.15, -0.1) is 0 Å². The normalized spacial score (nSPS) is 10.7. The number of rotatable bonds is 8. The van der Waals surface area contributed by atoms with Gasteiger partial charge in [-0.25, -0.2) is 4.79 Å². The van der Waals surface area contributed by atoms with E-state index < -0.39 is 18.0 Å². The van der Waals surface area contributed by atoms with Crippen LogP contribution in [0.4, 0.5) is 5.69 Å². The summed E-state index contributed by atoms with van der Waals surface area (Å²) in [6.07, 6.45) is 0.785. The van der Waals surface area contributed by atoms with E-state index in [9.17, 15) is 9.90 Å². The summed E-state index contributed by atoms with van der Waals surface area (Å²) in [6, 6.07) is 13.2. The van der Waals surface area contributed by atoms with Crippen LogP contribution in [-0.2, 0) is 16.0 Å². The predicted molar refractivity (Wildman–Crippen MR) is 109 cm³/mol. The maximum atomic E-state index is 11.9. The van der Waals surface area contributed by atoms with Crippen molar-refractivity contribution >= 4 is 17.6 Å². The lowest BCUT2D eigenvalue weighted by Gasteiger charge is -2.20. The first-order valence-electron chi connectivity index (χ1n) is 8.97. The van der Waals surface area contributed by atoms with E-state index >= 15 is 0 Å². The molecule has 0 spiro atoms. The minimum absolute atomic E-state index is 0.307. The summed E-state index contributed by atoms with van der Waals surface area (Å²) in [5.41, 5.74) is 8.17. The molecule has 0 bridgehead atoms. The Kier molecular flexibility index (Phi) is 9.71. The number of anilines is 1. The molecule has 2 aromatic rings. The van der Waals surface area contributed by atoms with E-state index in [1.807, 2.05) is 25.1 Å². The summed E-state index contributed by atoms with van der Waals surface area (Å²) in [5, 5.41) is 29.0. The van der Waals surface area contributed by atoms with E-state index in [1.54, 1.807) is 30.3 Å². The number of hydrogen-bond donors (Lipinski definition) is 4. The van der Waals surface area contributed by atoms with E-state index in [0.717, 1.165) is 18.9 Å². The van der Waals surface area contributed by atoms with Crippen molar-refractivity contribution in [3.63, 3.8) is 0 Å². The van der Waals surface area contributed by atoms with Crippen molar-refractivity contribution in [2.45, 2.75) is 26.3 Å². The molecule has 2 rings (SSSR count). The first-order valence-corrected chi connectivity index (χ1v) is 8.97. The van der Waals surface area contributed by atoms with Crippen molar-refractivity contribution in [1.82, 2.24) is 0 Å². The third-order valence-electron chi connectivity index (χ3n) is 3.74. The number of nitrogens with two attached hydrogens (primary N) is 1. The van der Waals surface area contributed by atoms with Crippen molar-refractivity contribution < 1.29 is 24.5 Å². The van der Waals surface area contributed by atoms with Crippen molar-refractivity contribution in [2.24, 2.45) is 5.73 Å². The molecule has 8 nitrogen and oxygen atoms in total. The molecule has 29 heavy (non-hydrogen) atoms. The number of aliphatic carboxylic acids is 2. The Bertz CT molecular complexity index is 856. The number of nitriles is 1. The van der Waals surface area contributed by atoms with E-state index in [-0.39, 0.29) is 0 Å². The summed E-state index contributed by atoms with van der Waals surface area (Å²) >= 11 is 0. The van der Waals surface area contributed by atoms with Crippen LogP contribution in [0.25, 0.3) is 0 Å². The molecule has 1 unspecified atom stereocenters. The zero-order valence-corrected chi connectivity index (χ0v) is 16.4. The van der Waals surface area contributed by atoms with E-state index in [1.165, 1.54) is 0 Å². The van der Waals surface area contributed by atoms with E-state index in [2.05, 4.69) is 5.32 Å². The molecule has 8 heteroatoms. The van der Waals surface area contributed by atoms with Crippen LogP contribution in [-0.4, -0.2) is 35.3 Å². The van der Waals surface area contributed by atoms with Gasteiger partial charge in [0.2, 0.25) is 0 Å². The second-order valence-corrected chi connectivity index (χ2v) is 5.99. The van der Waals surface area contributed by atoms with Gasteiger partial charge in [-0.2, -0.15) is 5.26 Å². The maximum absolute atomic E-state index is 11.9. The molecule has 0 heterocycles. The Balaban J connectivity index is 0.000000960. The summed E-state index contributed by atoms with van der Waals surface area (Å²) in [7, 11) is 0. The quantitative estimate of drug-likeness (QED) is 0.530. The van der Waals surface area contributed by atoms with E-state index in [0.29, 0.717) is 35.7 Å².